The summed E-state index contributed by atoms with van der Waals surface area (Å²) in [6.07, 6.45) is 7.79. The highest BCUT2D eigenvalue weighted by Gasteiger charge is 2.30. The molecule has 1 aliphatic rings. The summed E-state index contributed by atoms with van der Waals surface area (Å²) in [5.74, 6) is 0.460. The highest BCUT2D eigenvalue weighted by atomic mass is 16.5. The van der Waals surface area contributed by atoms with Gasteiger partial charge in [0.2, 0.25) is 0 Å². The van der Waals surface area contributed by atoms with Crippen LogP contribution in [0.4, 0.5) is 0 Å². The molecule has 7 rings (SSSR count). The normalized spacial score (nSPS) is 15.6. The molecule has 6 nitrogen and oxygen atoms in total. The van der Waals surface area contributed by atoms with Gasteiger partial charge in [-0.2, -0.15) is 0 Å². The maximum absolute atomic E-state index is 5.79. The van der Waals surface area contributed by atoms with Crippen molar-refractivity contribution in [3.63, 3.8) is 0 Å². The van der Waals surface area contributed by atoms with Gasteiger partial charge in [0.05, 0.1) is 45.8 Å². The van der Waals surface area contributed by atoms with Crippen molar-refractivity contribution in [1.82, 2.24) is 24.1 Å². The zero-order valence-corrected chi connectivity index (χ0v) is 21.1. The van der Waals surface area contributed by atoms with Crippen LogP contribution >= 0.6 is 0 Å². The SMILES string of the molecule is Cc1ncn(C)c1-c1cnc2c3c4cccnc4ccc3n([C@H](c3ccccc3)C3CCOCC3)c2c1. The van der Waals surface area contributed by atoms with Gasteiger partial charge in [0, 0.05) is 49.0 Å². The van der Waals surface area contributed by atoms with Crippen LogP contribution in [0.3, 0.4) is 0 Å². The van der Waals surface area contributed by atoms with E-state index in [1.165, 1.54) is 16.5 Å². The van der Waals surface area contributed by atoms with Gasteiger partial charge in [-0.25, -0.2) is 4.98 Å². The molecule has 5 heterocycles. The minimum absolute atomic E-state index is 0.170. The highest BCUT2D eigenvalue weighted by molar-refractivity contribution is 6.19. The Labute approximate surface area is 215 Å². The topological polar surface area (TPSA) is 57.8 Å². The maximum atomic E-state index is 5.79. The fourth-order valence-corrected chi connectivity index (χ4v) is 6.25. The number of fused-ring (bicyclic) bond motifs is 5. The third-order valence-corrected chi connectivity index (χ3v) is 7.91. The van der Waals surface area contributed by atoms with Crippen molar-refractivity contribution >= 4 is 32.8 Å². The van der Waals surface area contributed by atoms with Crippen LogP contribution in [0.25, 0.3) is 44.1 Å². The number of aryl methyl sites for hydroxylation is 2. The van der Waals surface area contributed by atoms with Gasteiger partial charge in [0.15, 0.2) is 0 Å². The molecule has 184 valence electrons. The second kappa shape index (κ2) is 8.82. The molecule has 37 heavy (non-hydrogen) atoms. The largest absolute Gasteiger partial charge is 0.381 e. The van der Waals surface area contributed by atoms with E-state index in [4.69, 9.17) is 9.72 Å². The molecule has 2 aromatic carbocycles. The van der Waals surface area contributed by atoms with E-state index in [0.717, 1.165) is 64.9 Å². The van der Waals surface area contributed by atoms with Crippen molar-refractivity contribution in [3.8, 4) is 11.3 Å². The Hall–Kier alpha value is -4.03. The molecule has 0 amide bonds. The molecule has 0 unspecified atom stereocenters. The summed E-state index contributed by atoms with van der Waals surface area (Å²) < 4.78 is 10.4. The van der Waals surface area contributed by atoms with E-state index in [2.05, 4.69) is 80.6 Å². The fraction of sp³-hybridized carbons (Fsp3) is 0.258. The third kappa shape index (κ3) is 3.55. The number of benzene rings is 2. The molecular weight excluding hydrogens is 458 g/mol. The minimum atomic E-state index is 0.170. The van der Waals surface area contributed by atoms with E-state index in [0.29, 0.717) is 5.92 Å². The second-order valence-corrected chi connectivity index (χ2v) is 10.1. The van der Waals surface area contributed by atoms with Crippen LogP contribution in [0.2, 0.25) is 0 Å². The second-order valence-electron chi connectivity index (χ2n) is 10.1. The lowest BCUT2D eigenvalue weighted by atomic mass is 9.86. The van der Waals surface area contributed by atoms with Crippen LogP contribution in [0.15, 0.2) is 79.4 Å². The quantitative estimate of drug-likeness (QED) is 0.286. The molecule has 0 aliphatic carbocycles. The molecular formula is C31H29N5O. The number of hydrogen-bond donors (Lipinski definition) is 0. The van der Waals surface area contributed by atoms with Crippen molar-refractivity contribution in [2.24, 2.45) is 13.0 Å². The Morgan fingerprint density at radius 2 is 1.76 bits per heavy atom. The van der Waals surface area contributed by atoms with E-state index >= 15 is 0 Å². The van der Waals surface area contributed by atoms with Gasteiger partial charge in [-0.05, 0) is 55.5 Å². The standard InChI is InChI=1S/C31H29N5O/c1-20-30(35(2)19-34-20)23-17-27-29(33-18-23)28-24-9-6-14-32-25(24)10-11-26(28)36(27)31(21-7-4-3-5-8-21)22-12-15-37-16-13-22/h3-11,14,17-19,22,31H,12-13,15-16H2,1-2H3/t31-/m1/s1. The van der Waals surface area contributed by atoms with Gasteiger partial charge in [-0.1, -0.05) is 36.4 Å². The molecule has 0 radical (unpaired) electrons. The van der Waals surface area contributed by atoms with E-state index < -0.39 is 0 Å². The Balaban J connectivity index is 1.60. The number of pyridine rings is 2. The zero-order valence-electron chi connectivity index (χ0n) is 21.1. The lowest BCUT2D eigenvalue weighted by molar-refractivity contribution is 0.0553. The van der Waals surface area contributed by atoms with E-state index in [1.807, 2.05) is 31.8 Å². The van der Waals surface area contributed by atoms with Gasteiger partial charge in [-0.15, -0.1) is 0 Å². The first-order valence-electron chi connectivity index (χ1n) is 13.0. The number of aromatic nitrogens is 5. The molecule has 6 heteroatoms. The summed E-state index contributed by atoms with van der Waals surface area (Å²) in [5, 5.41) is 2.31. The summed E-state index contributed by atoms with van der Waals surface area (Å²) in [4.78, 5) is 14.3. The number of imidazole rings is 1. The number of nitrogens with zero attached hydrogens (tertiary/aromatic N) is 5. The van der Waals surface area contributed by atoms with Gasteiger partial charge in [0.1, 0.15) is 0 Å². The van der Waals surface area contributed by atoms with Gasteiger partial charge >= 0.3 is 0 Å². The molecule has 1 aliphatic heterocycles. The molecule has 1 atom stereocenters. The maximum Gasteiger partial charge on any atom is 0.0967 e. The molecule has 6 aromatic rings. The van der Waals surface area contributed by atoms with Crippen LogP contribution in [-0.4, -0.2) is 37.3 Å². The van der Waals surface area contributed by atoms with Crippen LogP contribution in [0.5, 0.6) is 0 Å². The number of rotatable bonds is 4. The van der Waals surface area contributed by atoms with E-state index in [1.54, 1.807) is 0 Å². The summed E-state index contributed by atoms with van der Waals surface area (Å²) in [7, 11) is 2.04. The lowest BCUT2D eigenvalue weighted by Crippen LogP contribution is -2.26. The van der Waals surface area contributed by atoms with Crippen molar-refractivity contribution in [1.29, 1.82) is 0 Å². The predicted octanol–water partition coefficient (Wildman–Crippen LogP) is 6.46. The van der Waals surface area contributed by atoms with Crippen molar-refractivity contribution in [2.45, 2.75) is 25.8 Å². The highest BCUT2D eigenvalue weighted by Crippen LogP contribution is 2.42. The number of hydrogen-bond acceptors (Lipinski definition) is 4. The molecule has 1 saturated heterocycles. The van der Waals surface area contributed by atoms with E-state index in [-0.39, 0.29) is 6.04 Å². The Morgan fingerprint density at radius 3 is 2.54 bits per heavy atom. The molecule has 0 saturated carbocycles. The van der Waals surface area contributed by atoms with Gasteiger partial charge in [-0.3, -0.25) is 9.97 Å². The van der Waals surface area contributed by atoms with Crippen LogP contribution in [0, 0.1) is 12.8 Å². The molecule has 1 fully saturated rings. The Morgan fingerprint density at radius 1 is 0.919 bits per heavy atom. The first-order valence-corrected chi connectivity index (χ1v) is 13.0. The molecule has 0 spiro atoms. The molecule has 0 bridgehead atoms. The van der Waals surface area contributed by atoms with Gasteiger partial charge in [0.25, 0.3) is 0 Å². The average molecular weight is 488 g/mol. The van der Waals surface area contributed by atoms with Crippen molar-refractivity contribution in [3.05, 3.63) is 90.6 Å². The molecule has 0 N–H and O–H groups in total. The first kappa shape index (κ1) is 22.2. The molecule has 4 aromatic heterocycles. The van der Waals surface area contributed by atoms with Crippen LogP contribution in [0.1, 0.15) is 30.1 Å². The summed E-state index contributed by atoms with van der Waals surface area (Å²) >= 11 is 0. The zero-order chi connectivity index (χ0) is 24.9. The summed E-state index contributed by atoms with van der Waals surface area (Å²) in [6, 6.07) is 22.0. The first-order chi connectivity index (χ1) is 18.2. The summed E-state index contributed by atoms with van der Waals surface area (Å²) in [5.41, 5.74) is 8.85. The average Bonchev–Trinajstić information content (AvgIpc) is 3.46. The smallest absolute Gasteiger partial charge is 0.0967 e. The summed E-state index contributed by atoms with van der Waals surface area (Å²) in [6.45, 7) is 3.66. The van der Waals surface area contributed by atoms with E-state index in [9.17, 15) is 0 Å². The third-order valence-electron chi connectivity index (χ3n) is 7.91. The Kier molecular flexibility index (Phi) is 5.29. The fourth-order valence-electron chi connectivity index (χ4n) is 6.25. The van der Waals surface area contributed by atoms with Crippen LogP contribution < -0.4 is 0 Å². The monoisotopic (exact) mass is 487 g/mol. The van der Waals surface area contributed by atoms with Gasteiger partial charge < -0.3 is 13.9 Å². The minimum Gasteiger partial charge on any atom is -0.381 e. The van der Waals surface area contributed by atoms with Crippen LogP contribution in [-0.2, 0) is 11.8 Å². The number of ether oxygens (including phenoxy) is 1. The lowest BCUT2D eigenvalue weighted by Gasteiger charge is -2.33. The predicted molar refractivity (Wildman–Crippen MR) is 148 cm³/mol. The van der Waals surface area contributed by atoms with Crippen molar-refractivity contribution in [2.75, 3.05) is 13.2 Å². The van der Waals surface area contributed by atoms with Crippen molar-refractivity contribution < 1.29 is 4.74 Å². The Bertz CT molecular complexity index is 1720.